The van der Waals surface area contributed by atoms with Gasteiger partial charge in [0.15, 0.2) is 0 Å². The molecule has 0 aliphatic heterocycles. The summed E-state index contributed by atoms with van der Waals surface area (Å²) in [5.41, 5.74) is 1.43. The van der Waals surface area contributed by atoms with Crippen molar-refractivity contribution in [2.75, 3.05) is 17.1 Å². The van der Waals surface area contributed by atoms with E-state index in [9.17, 15) is 17.6 Å². The summed E-state index contributed by atoms with van der Waals surface area (Å²) in [6.07, 6.45) is 2.57. The van der Waals surface area contributed by atoms with Crippen molar-refractivity contribution in [3.8, 4) is 0 Å². The van der Waals surface area contributed by atoms with Gasteiger partial charge < -0.3 is 5.32 Å². The van der Waals surface area contributed by atoms with Crippen molar-refractivity contribution in [2.24, 2.45) is 0 Å². The highest BCUT2D eigenvalue weighted by Gasteiger charge is 2.21. The minimum atomic E-state index is -3.67. The van der Waals surface area contributed by atoms with Crippen LogP contribution in [0.4, 0.5) is 10.1 Å². The predicted octanol–water partition coefficient (Wildman–Crippen LogP) is 2.73. The highest BCUT2D eigenvalue weighted by atomic mass is 32.2. The smallest absolute Gasteiger partial charge is 0.240 e. The third-order valence-electron chi connectivity index (χ3n) is 3.92. The van der Waals surface area contributed by atoms with Crippen LogP contribution in [0.25, 0.3) is 0 Å². The second kappa shape index (κ2) is 8.80. The van der Waals surface area contributed by atoms with Gasteiger partial charge in [-0.3, -0.25) is 9.10 Å². The van der Waals surface area contributed by atoms with E-state index in [1.165, 1.54) is 17.7 Å². The molecule has 2 rings (SSSR count). The van der Waals surface area contributed by atoms with Crippen molar-refractivity contribution in [3.05, 3.63) is 66.0 Å². The molecule has 0 saturated heterocycles. The van der Waals surface area contributed by atoms with E-state index in [4.69, 9.17) is 0 Å². The first-order chi connectivity index (χ1) is 12.3. The van der Waals surface area contributed by atoms with Crippen LogP contribution in [0.15, 0.2) is 54.6 Å². The van der Waals surface area contributed by atoms with Crippen LogP contribution in [-0.4, -0.2) is 33.2 Å². The molecule has 0 spiro atoms. The maximum atomic E-state index is 13.1. The van der Waals surface area contributed by atoms with E-state index in [1.54, 1.807) is 0 Å². The van der Waals surface area contributed by atoms with E-state index in [2.05, 4.69) is 5.32 Å². The maximum absolute atomic E-state index is 13.1. The van der Waals surface area contributed by atoms with Gasteiger partial charge in [-0.2, -0.15) is 0 Å². The van der Waals surface area contributed by atoms with Gasteiger partial charge in [0.2, 0.25) is 15.9 Å². The van der Waals surface area contributed by atoms with Crippen molar-refractivity contribution in [3.63, 3.8) is 0 Å². The molecule has 7 heteroatoms. The van der Waals surface area contributed by atoms with Crippen LogP contribution in [0.1, 0.15) is 18.9 Å². The molecule has 0 aliphatic rings. The predicted molar refractivity (Wildman–Crippen MR) is 101 cm³/mol. The van der Waals surface area contributed by atoms with E-state index < -0.39 is 21.7 Å². The lowest BCUT2D eigenvalue weighted by molar-refractivity contribution is -0.120. The van der Waals surface area contributed by atoms with Crippen LogP contribution in [0.3, 0.4) is 0 Å². The minimum Gasteiger partial charge on any atom is -0.352 e. The number of aryl methyl sites for hydroxylation is 1. The standard InChI is InChI=1S/C19H23FN2O3S/c1-15(8-9-16-6-4-3-5-7-16)21-19(23)14-22(26(2,24)25)18-12-10-17(20)11-13-18/h3-7,10-13,15H,8-9,14H2,1-2H3,(H,21,23)/t15-/m0/s1. The summed E-state index contributed by atoms with van der Waals surface area (Å²) in [5.74, 6) is -0.874. The Labute approximate surface area is 153 Å². The number of hydrogen-bond acceptors (Lipinski definition) is 3. The van der Waals surface area contributed by atoms with Gasteiger partial charge >= 0.3 is 0 Å². The Morgan fingerprint density at radius 2 is 1.73 bits per heavy atom. The normalized spacial score (nSPS) is 12.4. The molecular weight excluding hydrogens is 355 g/mol. The number of rotatable bonds is 8. The molecule has 1 amide bonds. The molecule has 0 saturated carbocycles. The zero-order valence-corrected chi connectivity index (χ0v) is 15.7. The first kappa shape index (κ1) is 19.9. The molecule has 2 aromatic carbocycles. The van der Waals surface area contributed by atoms with Crippen LogP contribution in [0, 0.1) is 5.82 Å². The number of hydrogen-bond donors (Lipinski definition) is 1. The summed E-state index contributed by atoms with van der Waals surface area (Å²) < 4.78 is 38.0. The summed E-state index contributed by atoms with van der Waals surface area (Å²) in [6.45, 7) is 1.53. The Bertz CT molecular complexity index is 824. The first-order valence-corrected chi connectivity index (χ1v) is 10.2. The van der Waals surface area contributed by atoms with Gasteiger partial charge in [0, 0.05) is 6.04 Å². The average Bonchev–Trinajstić information content (AvgIpc) is 2.59. The molecule has 5 nitrogen and oxygen atoms in total. The van der Waals surface area contributed by atoms with E-state index >= 15 is 0 Å². The number of anilines is 1. The SMILES string of the molecule is C[C@@H](CCc1ccccc1)NC(=O)CN(c1ccc(F)cc1)S(C)(=O)=O. The van der Waals surface area contributed by atoms with Crippen molar-refractivity contribution in [1.82, 2.24) is 5.32 Å². The second-order valence-corrected chi connectivity index (χ2v) is 8.15. The summed E-state index contributed by atoms with van der Waals surface area (Å²) in [6, 6.07) is 14.8. The lowest BCUT2D eigenvalue weighted by Gasteiger charge is -2.23. The topological polar surface area (TPSA) is 66.5 Å². The second-order valence-electron chi connectivity index (χ2n) is 6.24. The number of halogens is 1. The Morgan fingerprint density at radius 3 is 2.31 bits per heavy atom. The largest absolute Gasteiger partial charge is 0.352 e. The van der Waals surface area contributed by atoms with Crippen LogP contribution < -0.4 is 9.62 Å². The molecule has 0 unspecified atom stereocenters. The van der Waals surface area contributed by atoms with E-state index in [1.807, 2.05) is 37.3 Å². The van der Waals surface area contributed by atoms with Gasteiger partial charge in [0.25, 0.3) is 0 Å². The molecule has 140 valence electrons. The molecule has 2 aromatic rings. The third-order valence-corrected chi connectivity index (χ3v) is 5.06. The average molecular weight is 378 g/mol. The van der Waals surface area contributed by atoms with E-state index in [-0.39, 0.29) is 18.3 Å². The van der Waals surface area contributed by atoms with Crippen LogP contribution in [0.2, 0.25) is 0 Å². The lowest BCUT2D eigenvalue weighted by Crippen LogP contribution is -2.43. The van der Waals surface area contributed by atoms with Gasteiger partial charge in [-0.15, -0.1) is 0 Å². The number of nitrogens with one attached hydrogen (secondary N) is 1. The number of benzene rings is 2. The van der Waals surface area contributed by atoms with Crippen molar-refractivity contribution in [2.45, 2.75) is 25.8 Å². The fourth-order valence-electron chi connectivity index (χ4n) is 2.56. The fraction of sp³-hybridized carbons (Fsp3) is 0.316. The molecule has 0 aliphatic carbocycles. The van der Waals surface area contributed by atoms with Gasteiger partial charge in [-0.25, -0.2) is 12.8 Å². The highest BCUT2D eigenvalue weighted by molar-refractivity contribution is 7.92. The van der Waals surface area contributed by atoms with Crippen molar-refractivity contribution in [1.29, 1.82) is 0 Å². The molecule has 26 heavy (non-hydrogen) atoms. The van der Waals surface area contributed by atoms with E-state index in [0.29, 0.717) is 0 Å². The maximum Gasteiger partial charge on any atom is 0.240 e. The van der Waals surface area contributed by atoms with E-state index in [0.717, 1.165) is 35.5 Å². The number of carbonyl (C=O) groups excluding carboxylic acids is 1. The van der Waals surface area contributed by atoms with Crippen LogP contribution in [-0.2, 0) is 21.2 Å². The third kappa shape index (κ3) is 6.15. The lowest BCUT2D eigenvalue weighted by atomic mass is 10.1. The zero-order valence-electron chi connectivity index (χ0n) is 14.9. The Morgan fingerprint density at radius 1 is 1.12 bits per heavy atom. The molecule has 0 heterocycles. The van der Waals surface area contributed by atoms with Crippen LogP contribution >= 0.6 is 0 Å². The quantitative estimate of drug-likeness (QED) is 0.768. The monoisotopic (exact) mass is 378 g/mol. The summed E-state index contributed by atoms with van der Waals surface area (Å²) in [7, 11) is -3.67. The van der Waals surface area contributed by atoms with Crippen molar-refractivity contribution < 1.29 is 17.6 Å². The summed E-state index contributed by atoms with van der Waals surface area (Å²) in [4.78, 5) is 12.3. The Balaban J connectivity index is 1.95. The molecule has 0 bridgehead atoms. The molecule has 1 N–H and O–H groups in total. The number of nitrogens with zero attached hydrogens (tertiary/aromatic N) is 1. The van der Waals surface area contributed by atoms with Gasteiger partial charge in [0.1, 0.15) is 12.4 Å². The highest BCUT2D eigenvalue weighted by Crippen LogP contribution is 2.17. The van der Waals surface area contributed by atoms with Gasteiger partial charge in [-0.05, 0) is 49.6 Å². The number of sulfonamides is 1. The molecule has 0 fully saturated rings. The number of carbonyl (C=O) groups is 1. The Kier molecular flexibility index (Phi) is 6.74. The minimum absolute atomic E-state index is 0.0997. The van der Waals surface area contributed by atoms with Crippen molar-refractivity contribution >= 4 is 21.6 Å². The Hall–Kier alpha value is -2.41. The molecule has 0 radical (unpaired) electrons. The number of amides is 1. The summed E-state index contributed by atoms with van der Waals surface area (Å²) in [5, 5.41) is 2.81. The van der Waals surface area contributed by atoms with Crippen LogP contribution in [0.5, 0.6) is 0 Å². The van der Waals surface area contributed by atoms with Gasteiger partial charge in [0.05, 0.1) is 11.9 Å². The molecule has 0 aromatic heterocycles. The zero-order chi connectivity index (χ0) is 19.2. The fourth-order valence-corrected chi connectivity index (χ4v) is 3.41. The molecule has 1 atom stereocenters. The first-order valence-electron chi connectivity index (χ1n) is 8.32. The van der Waals surface area contributed by atoms with Gasteiger partial charge in [-0.1, -0.05) is 30.3 Å². The molecular formula is C19H23FN2O3S. The summed E-state index contributed by atoms with van der Waals surface area (Å²) >= 11 is 0.